The number of hydrogen-bond donors (Lipinski definition) is 1. The molecule has 0 saturated carbocycles. The van der Waals surface area contributed by atoms with E-state index < -0.39 is 11.7 Å². The number of hydrogen-bond acceptors (Lipinski definition) is 3. The molecule has 0 aliphatic rings. The zero-order valence-electron chi connectivity index (χ0n) is 11.1. The fourth-order valence-corrected chi connectivity index (χ4v) is 1.26. The van der Waals surface area contributed by atoms with Gasteiger partial charge in [0.15, 0.2) is 0 Å². The summed E-state index contributed by atoms with van der Waals surface area (Å²) < 4.78 is 5.17. The summed E-state index contributed by atoms with van der Waals surface area (Å²) in [6, 6.07) is 3.60. The minimum absolute atomic E-state index is 0.329. The van der Waals surface area contributed by atoms with E-state index in [2.05, 4.69) is 24.1 Å². The molecule has 0 bridgehead atoms. The van der Waals surface area contributed by atoms with Gasteiger partial charge in [-0.3, -0.25) is 10.3 Å². The van der Waals surface area contributed by atoms with Gasteiger partial charge in [0, 0.05) is 17.6 Å². The lowest BCUT2D eigenvalue weighted by Gasteiger charge is -2.19. The summed E-state index contributed by atoms with van der Waals surface area (Å²) in [5.74, 6) is 0.329. The molecular weight excluding hydrogens is 216 g/mol. The second kappa shape index (κ2) is 5.17. The number of nitrogens with one attached hydrogen (secondary N) is 1. The molecule has 0 unspecified atom stereocenters. The highest BCUT2D eigenvalue weighted by Gasteiger charge is 2.16. The third-order valence-corrected chi connectivity index (χ3v) is 2.02. The topological polar surface area (TPSA) is 51.2 Å². The van der Waals surface area contributed by atoms with Crippen LogP contribution >= 0.6 is 0 Å². The fraction of sp³-hybridized carbons (Fsp3) is 0.538. The number of ether oxygens (including phenoxy) is 1. The fourth-order valence-electron chi connectivity index (χ4n) is 1.26. The highest BCUT2D eigenvalue weighted by atomic mass is 16.6. The van der Waals surface area contributed by atoms with Crippen LogP contribution in [0.2, 0.25) is 0 Å². The highest BCUT2D eigenvalue weighted by Crippen LogP contribution is 2.16. The molecule has 1 aromatic heterocycles. The first-order valence-corrected chi connectivity index (χ1v) is 5.74. The van der Waals surface area contributed by atoms with Crippen LogP contribution in [0.25, 0.3) is 0 Å². The monoisotopic (exact) mass is 236 g/mol. The maximum Gasteiger partial charge on any atom is 0.412 e. The Bertz CT molecular complexity index is 395. The molecule has 1 heterocycles. The van der Waals surface area contributed by atoms with E-state index in [4.69, 9.17) is 4.74 Å². The Kier molecular flexibility index (Phi) is 4.10. The number of carbonyl (C=O) groups is 1. The van der Waals surface area contributed by atoms with Crippen LogP contribution in [0, 0.1) is 0 Å². The van der Waals surface area contributed by atoms with Crippen molar-refractivity contribution in [3.05, 3.63) is 24.0 Å². The van der Waals surface area contributed by atoms with E-state index in [9.17, 15) is 4.79 Å². The van der Waals surface area contributed by atoms with Crippen LogP contribution in [-0.2, 0) is 4.74 Å². The van der Waals surface area contributed by atoms with Gasteiger partial charge in [-0.2, -0.15) is 0 Å². The molecule has 1 rings (SSSR count). The van der Waals surface area contributed by atoms with Crippen LogP contribution in [0.4, 0.5) is 10.5 Å². The van der Waals surface area contributed by atoms with Gasteiger partial charge in [0.05, 0.1) is 0 Å². The Morgan fingerprint density at radius 1 is 1.41 bits per heavy atom. The molecule has 0 fully saturated rings. The molecule has 4 heteroatoms. The lowest BCUT2D eigenvalue weighted by Crippen LogP contribution is -2.27. The molecular formula is C13H20N2O2. The summed E-state index contributed by atoms with van der Waals surface area (Å²) in [4.78, 5) is 15.8. The molecule has 1 N–H and O–H groups in total. The van der Waals surface area contributed by atoms with E-state index in [1.165, 1.54) is 0 Å². The molecule has 1 amide bonds. The zero-order valence-corrected chi connectivity index (χ0v) is 11.1. The smallest absolute Gasteiger partial charge is 0.412 e. The minimum atomic E-state index is -0.488. The predicted molar refractivity (Wildman–Crippen MR) is 68.2 cm³/mol. The molecule has 0 aromatic carbocycles. The zero-order chi connectivity index (χ0) is 13.1. The SMILES string of the molecule is CC(C)c1cc(NC(=O)OC(C)(C)C)ccn1. The third kappa shape index (κ3) is 4.85. The van der Waals surface area contributed by atoms with Gasteiger partial charge in [0.25, 0.3) is 0 Å². The van der Waals surface area contributed by atoms with Crippen molar-refractivity contribution in [3.63, 3.8) is 0 Å². The number of aromatic nitrogens is 1. The van der Waals surface area contributed by atoms with Gasteiger partial charge >= 0.3 is 6.09 Å². The molecule has 0 aliphatic heterocycles. The van der Waals surface area contributed by atoms with Crippen molar-refractivity contribution in [1.29, 1.82) is 0 Å². The molecule has 0 spiro atoms. The van der Waals surface area contributed by atoms with Crippen LogP contribution in [-0.4, -0.2) is 16.7 Å². The lowest BCUT2D eigenvalue weighted by atomic mass is 10.1. The molecule has 0 atom stereocenters. The average Bonchev–Trinajstić information content (AvgIpc) is 2.14. The van der Waals surface area contributed by atoms with E-state index in [1.807, 2.05) is 26.8 Å². The van der Waals surface area contributed by atoms with Crippen LogP contribution in [0.3, 0.4) is 0 Å². The van der Waals surface area contributed by atoms with Gasteiger partial charge in [-0.25, -0.2) is 4.79 Å². The van der Waals surface area contributed by atoms with Crippen molar-refractivity contribution in [2.45, 2.75) is 46.1 Å². The van der Waals surface area contributed by atoms with Crippen molar-refractivity contribution in [2.24, 2.45) is 0 Å². The van der Waals surface area contributed by atoms with E-state index in [0.717, 1.165) is 5.69 Å². The molecule has 17 heavy (non-hydrogen) atoms. The van der Waals surface area contributed by atoms with Crippen molar-refractivity contribution in [1.82, 2.24) is 4.98 Å². The second-order valence-electron chi connectivity index (χ2n) is 5.25. The van der Waals surface area contributed by atoms with Gasteiger partial charge in [-0.15, -0.1) is 0 Å². The Balaban J connectivity index is 2.69. The highest BCUT2D eigenvalue weighted by molar-refractivity contribution is 5.84. The summed E-state index contributed by atoms with van der Waals surface area (Å²) in [6.45, 7) is 9.61. The number of pyridine rings is 1. The number of rotatable bonds is 2. The summed E-state index contributed by atoms with van der Waals surface area (Å²) in [7, 11) is 0. The van der Waals surface area contributed by atoms with Crippen molar-refractivity contribution in [3.8, 4) is 0 Å². The summed E-state index contributed by atoms with van der Waals surface area (Å²) in [5.41, 5.74) is 1.16. The normalized spacial score (nSPS) is 11.4. The van der Waals surface area contributed by atoms with Gasteiger partial charge in [0.1, 0.15) is 5.60 Å². The van der Waals surface area contributed by atoms with E-state index in [-0.39, 0.29) is 0 Å². The second-order valence-corrected chi connectivity index (χ2v) is 5.25. The average molecular weight is 236 g/mol. The predicted octanol–water partition coefficient (Wildman–Crippen LogP) is 3.55. The van der Waals surface area contributed by atoms with Gasteiger partial charge in [-0.1, -0.05) is 13.8 Å². The van der Waals surface area contributed by atoms with E-state index in [1.54, 1.807) is 12.3 Å². The lowest BCUT2D eigenvalue weighted by molar-refractivity contribution is 0.0636. The Morgan fingerprint density at radius 2 is 2.06 bits per heavy atom. The summed E-state index contributed by atoms with van der Waals surface area (Å²) in [6.07, 6.45) is 1.24. The molecule has 0 saturated heterocycles. The van der Waals surface area contributed by atoms with Gasteiger partial charge in [0.2, 0.25) is 0 Å². The first-order chi connectivity index (χ1) is 7.78. The van der Waals surface area contributed by atoms with Crippen LogP contribution < -0.4 is 5.32 Å². The molecule has 4 nitrogen and oxygen atoms in total. The quantitative estimate of drug-likeness (QED) is 0.854. The number of anilines is 1. The summed E-state index contributed by atoms with van der Waals surface area (Å²) >= 11 is 0. The molecule has 1 aromatic rings. The summed E-state index contributed by atoms with van der Waals surface area (Å²) in [5, 5.41) is 2.69. The van der Waals surface area contributed by atoms with Crippen LogP contribution in [0.15, 0.2) is 18.3 Å². The molecule has 94 valence electrons. The first kappa shape index (κ1) is 13.5. The van der Waals surface area contributed by atoms with E-state index in [0.29, 0.717) is 11.6 Å². The van der Waals surface area contributed by atoms with Crippen molar-refractivity contribution in [2.75, 3.05) is 5.32 Å². The Hall–Kier alpha value is -1.58. The van der Waals surface area contributed by atoms with Gasteiger partial charge in [-0.05, 0) is 38.8 Å². The van der Waals surface area contributed by atoms with Crippen LogP contribution in [0.5, 0.6) is 0 Å². The van der Waals surface area contributed by atoms with E-state index >= 15 is 0 Å². The molecule has 0 radical (unpaired) electrons. The Labute approximate surface area is 102 Å². The minimum Gasteiger partial charge on any atom is -0.444 e. The van der Waals surface area contributed by atoms with Crippen molar-refractivity contribution >= 4 is 11.8 Å². The number of carbonyl (C=O) groups excluding carboxylic acids is 1. The molecule has 0 aliphatic carbocycles. The van der Waals surface area contributed by atoms with Gasteiger partial charge < -0.3 is 4.74 Å². The standard InChI is InChI=1S/C13H20N2O2/c1-9(2)11-8-10(6-7-14-11)15-12(16)17-13(3,4)5/h6-9H,1-5H3,(H,14,15,16). The van der Waals surface area contributed by atoms with Crippen molar-refractivity contribution < 1.29 is 9.53 Å². The number of nitrogens with zero attached hydrogens (tertiary/aromatic N) is 1. The third-order valence-electron chi connectivity index (χ3n) is 2.02. The maximum atomic E-state index is 11.6. The van der Waals surface area contributed by atoms with Crippen LogP contribution in [0.1, 0.15) is 46.2 Å². The first-order valence-electron chi connectivity index (χ1n) is 5.74. The Morgan fingerprint density at radius 3 is 2.59 bits per heavy atom. The largest absolute Gasteiger partial charge is 0.444 e. The maximum absolute atomic E-state index is 11.6. The number of amides is 1.